The molecule has 18 heavy (non-hydrogen) atoms. The van der Waals surface area contributed by atoms with Crippen LogP contribution in [0.4, 0.5) is 0 Å². The van der Waals surface area contributed by atoms with Crippen LogP contribution in [0.2, 0.25) is 0 Å². The molecule has 0 aromatic rings. The Balaban J connectivity index is 0.00000120. The maximum Gasteiger partial charge on any atom is 0.233 e. The first-order chi connectivity index (χ1) is 8.11. The molecule has 1 unspecified atom stereocenters. The highest BCUT2D eigenvalue weighted by Gasteiger charge is 2.53. The first-order valence-corrected chi connectivity index (χ1v) is 7.11. The van der Waals surface area contributed by atoms with Crippen LogP contribution in [0.1, 0.15) is 45.4 Å². The quantitative estimate of drug-likeness (QED) is 0.827. The Hall–Kier alpha value is -0.280. The van der Waals surface area contributed by atoms with Crippen LogP contribution in [0.25, 0.3) is 0 Å². The smallest absolute Gasteiger partial charge is 0.233 e. The van der Waals surface area contributed by atoms with Crippen molar-refractivity contribution in [2.45, 2.75) is 51.5 Å². The van der Waals surface area contributed by atoms with E-state index < -0.39 is 0 Å². The predicted molar refractivity (Wildman–Crippen MR) is 74.5 cm³/mol. The van der Waals surface area contributed by atoms with Gasteiger partial charge in [-0.3, -0.25) is 4.79 Å². The van der Waals surface area contributed by atoms with Gasteiger partial charge in [0.15, 0.2) is 0 Å². The lowest BCUT2D eigenvalue weighted by Crippen LogP contribution is -2.56. The molecule has 4 bridgehead atoms. The van der Waals surface area contributed by atoms with Gasteiger partial charge in [0.25, 0.3) is 0 Å². The molecule has 4 heteroatoms. The summed E-state index contributed by atoms with van der Waals surface area (Å²) in [5, 5.41) is 3.12. The zero-order valence-electron chi connectivity index (χ0n) is 11.2. The topological polar surface area (TPSA) is 55.1 Å². The Bertz CT molecular complexity index is 296. The van der Waals surface area contributed by atoms with E-state index >= 15 is 0 Å². The molecule has 104 valence electrons. The molecule has 0 radical (unpaired) electrons. The molecular formula is C14H25ClN2O. The van der Waals surface area contributed by atoms with E-state index in [0.717, 1.165) is 17.8 Å². The maximum atomic E-state index is 11.5. The third kappa shape index (κ3) is 2.27. The Morgan fingerprint density at radius 1 is 1.22 bits per heavy atom. The molecule has 3 N–H and O–H groups in total. The zero-order chi connectivity index (χ0) is 12.0. The van der Waals surface area contributed by atoms with Crippen molar-refractivity contribution in [1.82, 2.24) is 5.32 Å². The van der Waals surface area contributed by atoms with Gasteiger partial charge in [-0.15, -0.1) is 12.4 Å². The number of rotatable bonds is 3. The van der Waals surface area contributed by atoms with Gasteiger partial charge in [0, 0.05) is 6.04 Å². The van der Waals surface area contributed by atoms with E-state index in [1.165, 1.54) is 38.5 Å². The number of nitrogens with one attached hydrogen (secondary N) is 1. The second-order valence-corrected chi connectivity index (χ2v) is 6.77. The van der Waals surface area contributed by atoms with Crippen LogP contribution in [-0.2, 0) is 4.79 Å². The van der Waals surface area contributed by atoms with E-state index in [0.29, 0.717) is 11.5 Å². The van der Waals surface area contributed by atoms with Gasteiger partial charge in [0.2, 0.25) is 5.91 Å². The normalized spacial score (nSPS) is 42.2. The van der Waals surface area contributed by atoms with Crippen molar-refractivity contribution in [2.24, 2.45) is 28.9 Å². The van der Waals surface area contributed by atoms with Gasteiger partial charge in [-0.05, 0) is 68.6 Å². The molecule has 0 aliphatic heterocycles. The Kier molecular flexibility index (Phi) is 3.93. The molecule has 4 saturated carbocycles. The summed E-state index contributed by atoms with van der Waals surface area (Å²) in [6, 6.07) is 0.312. The number of hydrogen-bond acceptors (Lipinski definition) is 2. The van der Waals surface area contributed by atoms with Crippen molar-refractivity contribution in [3.8, 4) is 0 Å². The van der Waals surface area contributed by atoms with Gasteiger partial charge in [0.1, 0.15) is 0 Å². The standard InChI is InChI=1S/C14H24N2O.ClH/c1-9(16-13(17)8-15)14-5-10-2-11(6-14)4-12(3-10)7-14;/h9-12H,2-8,15H2,1H3,(H,16,17);1H. The van der Waals surface area contributed by atoms with E-state index in [2.05, 4.69) is 12.2 Å². The highest BCUT2D eigenvalue weighted by molar-refractivity contribution is 5.85. The molecule has 0 heterocycles. The summed E-state index contributed by atoms with van der Waals surface area (Å²) in [4.78, 5) is 11.5. The number of halogens is 1. The van der Waals surface area contributed by atoms with Crippen LogP contribution >= 0.6 is 12.4 Å². The molecule has 4 rings (SSSR count). The Labute approximate surface area is 116 Å². The fourth-order valence-corrected chi connectivity index (χ4v) is 5.16. The number of carbonyl (C=O) groups excluding carboxylic acids is 1. The average Bonchev–Trinajstić information content (AvgIpc) is 2.26. The van der Waals surface area contributed by atoms with Gasteiger partial charge in [-0.25, -0.2) is 0 Å². The van der Waals surface area contributed by atoms with Crippen molar-refractivity contribution in [3.05, 3.63) is 0 Å². The SMILES string of the molecule is CC(NC(=O)CN)C12CC3CC(CC(C3)C1)C2.Cl. The molecule has 4 aliphatic carbocycles. The lowest BCUT2D eigenvalue weighted by atomic mass is 9.48. The third-order valence-corrected chi connectivity index (χ3v) is 5.57. The second-order valence-electron chi connectivity index (χ2n) is 6.77. The average molecular weight is 273 g/mol. The minimum Gasteiger partial charge on any atom is -0.352 e. The first-order valence-electron chi connectivity index (χ1n) is 7.11. The third-order valence-electron chi connectivity index (χ3n) is 5.57. The van der Waals surface area contributed by atoms with Crippen LogP contribution in [0.15, 0.2) is 0 Å². The molecule has 3 nitrogen and oxygen atoms in total. The van der Waals surface area contributed by atoms with Gasteiger partial charge < -0.3 is 11.1 Å². The van der Waals surface area contributed by atoms with Crippen LogP contribution in [0.3, 0.4) is 0 Å². The second kappa shape index (κ2) is 5.01. The van der Waals surface area contributed by atoms with Crippen molar-refractivity contribution in [3.63, 3.8) is 0 Å². The monoisotopic (exact) mass is 272 g/mol. The lowest BCUT2D eigenvalue weighted by Gasteiger charge is -2.59. The summed E-state index contributed by atoms with van der Waals surface area (Å²) >= 11 is 0. The van der Waals surface area contributed by atoms with E-state index in [1.807, 2.05) is 0 Å². The van der Waals surface area contributed by atoms with E-state index in [4.69, 9.17) is 5.73 Å². The molecule has 0 aromatic carbocycles. The van der Waals surface area contributed by atoms with Crippen LogP contribution in [0.5, 0.6) is 0 Å². The minimum absolute atomic E-state index is 0. The van der Waals surface area contributed by atoms with Crippen molar-refractivity contribution < 1.29 is 4.79 Å². The summed E-state index contributed by atoms with van der Waals surface area (Å²) in [7, 11) is 0. The molecule has 1 amide bonds. The molecule has 4 fully saturated rings. The van der Waals surface area contributed by atoms with E-state index in [-0.39, 0.29) is 24.9 Å². The largest absolute Gasteiger partial charge is 0.352 e. The summed E-state index contributed by atoms with van der Waals surface area (Å²) in [5.74, 6) is 2.84. The fourth-order valence-electron chi connectivity index (χ4n) is 5.16. The summed E-state index contributed by atoms with van der Waals surface area (Å²) < 4.78 is 0. The van der Waals surface area contributed by atoms with Gasteiger partial charge in [0.05, 0.1) is 6.54 Å². The molecule has 0 spiro atoms. The summed E-state index contributed by atoms with van der Waals surface area (Å²) in [6.07, 6.45) is 8.38. The van der Waals surface area contributed by atoms with Crippen molar-refractivity contribution in [1.29, 1.82) is 0 Å². The summed E-state index contributed by atoms with van der Waals surface area (Å²) in [5.41, 5.74) is 5.80. The van der Waals surface area contributed by atoms with Gasteiger partial charge >= 0.3 is 0 Å². The minimum atomic E-state index is 0. The molecule has 4 aliphatic rings. The first kappa shape index (κ1) is 14.1. The predicted octanol–water partition coefficient (Wildman–Crippen LogP) is 2.09. The Morgan fingerprint density at radius 3 is 2.06 bits per heavy atom. The molecule has 0 aromatic heterocycles. The molecule has 1 atom stereocenters. The molecule has 0 saturated heterocycles. The van der Waals surface area contributed by atoms with Crippen molar-refractivity contribution >= 4 is 18.3 Å². The lowest BCUT2D eigenvalue weighted by molar-refractivity contribution is -0.124. The van der Waals surface area contributed by atoms with Crippen LogP contribution in [0, 0.1) is 23.2 Å². The van der Waals surface area contributed by atoms with E-state index in [1.54, 1.807) is 0 Å². The molecular weight excluding hydrogens is 248 g/mol. The zero-order valence-corrected chi connectivity index (χ0v) is 12.0. The van der Waals surface area contributed by atoms with Gasteiger partial charge in [-0.2, -0.15) is 0 Å². The number of amides is 1. The van der Waals surface area contributed by atoms with Crippen LogP contribution in [-0.4, -0.2) is 18.5 Å². The summed E-state index contributed by atoms with van der Waals surface area (Å²) in [6.45, 7) is 2.32. The highest BCUT2D eigenvalue weighted by Crippen LogP contribution is 2.61. The van der Waals surface area contributed by atoms with Gasteiger partial charge in [-0.1, -0.05) is 0 Å². The highest BCUT2D eigenvalue weighted by atomic mass is 35.5. The Morgan fingerprint density at radius 2 is 1.67 bits per heavy atom. The number of carbonyl (C=O) groups is 1. The van der Waals surface area contributed by atoms with Crippen LogP contribution < -0.4 is 11.1 Å². The van der Waals surface area contributed by atoms with Crippen molar-refractivity contribution in [2.75, 3.05) is 6.54 Å². The fraction of sp³-hybridized carbons (Fsp3) is 0.929. The maximum absolute atomic E-state index is 11.5. The number of hydrogen-bond donors (Lipinski definition) is 2. The number of nitrogens with two attached hydrogens (primary N) is 1. The van der Waals surface area contributed by atoms with E-state index in [9.17, 15) is 4.79 Å².